The van der Waals surface area contributed by atoms with Gasteiger partial charge in [-0.1, -0.05) is 16.4 Å². The van der Waals surface area contributed by atoms with Crippen molar-refractivity contribution in [1.29, 1.82) is 5.26 Å². The van der Waals surface area contributed by atoms with Crippen LogP contribution in [0.2, 0.25) is 0 Å². The summed E-state index contributed by atoms with van der Waals surface area (Å²) in [6, 6.07) is 10.5. The number of carbonyl (C=O) groups is 1. The average Bonchev–Trinajstić information content (AvgIpc) is 3.29. The topological polar surface area (TPSA) is 109 Å². The third-order valence-electron chi connectivity index (χ3n) is 7.00. The quantitative estimate of drug-likeness (QED) is 0.618. The summed E-state index contributed by atoms with van der Waals surface area (Å²) in [7, 11) is 0. The Balaban J connectivity index is 1.19. The molecule has 6 rings (SSSR count). The van der Waals surface area contributed by atoms with Gasteiger partial charge in [-0.2, -0.15) is 9.65 Å². The third kappa shape index (κ3) is 3.13. The zero-order valence-electron chi connectivity index (χ0n) is 17.9. The van der Waals surface area contributed by atoms with Crippen LogP contribution in [0.15, 0.2) is 42.7 Å². The van der Waals surface area contributed by atoms with Gasteiger partial charge >= 0.3 is 6.09 Å². The predicted molar refractivity (Wildman–Crippen MR) is 114 cm³/mol. The fourth-order valence-corrected chi connectivity index (χ4v) is 5.25. The standard InChI is InChI=1S/C23H19F2N7O2/c24-19-5-14(32-10-15(34-22(32)33)9-31-11-21(25)29-30-31)2-3-16(19)13-1-4-20(28-6-13)23(12-26)17-7-27-8-18(17)23/h1-6,11,15,17-18,27H,7-10H2/t15-,17-,18+,23?/m0/s1. The van der Waals surface area contributed by atoms with E-state index in [-0.39, 0.29) is 24.9 Å². The number of benzene rings is 1. The first-order valence-electron chi connectivity index (χ1n) is 10.9. The van der Waals surface area contributed by atoms with Crippen molar-refractivity contribution in [3.05, 3.63) is 60.2 Å². The van der Waals surface area contributed by atoms with E-state index < -0.39 is 29.4 Å². The van der Waals surface area contributed by atoms with Crippen molar-refractivity contribution < 1.29 is 18.3 Å². The highest BCUT2D eigenvalue weighted by atomic mass is 19.1. The molecule has 1 unspecified atom stereocenters. The lowest BCUT2D eigenvalue weighted by atomic mass is 9.96. The number of fused-ring (bicyclic) bond motifs is 1. The first kappa shape index (κ1) is 20.7. The molecule has 3 aromatic rings. The van der Waals surface area contributed by atoms with E-state index in [1.165, 1.54) is 15.6 Å². The van der Waals surface area contributed by atoms with Gasteiger partial charge in [-0.3, -0.25) is 9.88 Å². The van der Waals surface area contributed by atoms with Crippen molar-refractivity contribution in [1.82, 2.24) is 25.3 Å². The van der Waals surface area contributed by atoms with Crippen molar-refractivity contribution in [3.8, 4) is 17.2 Å². The van der Waals surface area contributed by atoms with Crippen molar-refractivity contribution in [2.24, 2.45) is 11.8 Å². The van der Waals surface area contributed by atoms with Crippen molar-refractivity contribution in [2.45, 2.75) is 18.1 Å². The molecule has 4 atom stereocenters. The highest BCUT2D eigenvalue weighted by Crippen LogP contribution is 2.60. The summed E-state index contributed by atoms with van der Waals surface area (Å²) in [5, 5.41) is 19.9. The smallest absolute Gasteiger partial charge is 0.414 e. The van der Waals surface area contributed by atoms with Crippen molar-refractivity contribution in [2.75, 3.05) is 24.5 Å². The first-order chi connectivity index (χ1) is 16.5. The number of anilines is 1. The fourth-order valence-electron chi connectivity index (χ4n) is 5.25. The maximum absolute atomic E-state index is 15.0. The highest BCUT2D eigenvalue weighted by Gasteiger charge is 2.69. The van der Waals surface area contributed by atoms with Gasteiger partial charge in [-0.25, -0.2) is 13.9 Å². The summed E-state index contributed by atoms with van der Waals surface area (Å²) in [6.07, 6.45) is 1.51. The number of aromatic nitrogens is 4. The molecule has 2 aliphatic heterocycles. The Morgan fingerprint density at radius 2 is 2.06 bits per heavy atom. The molecule has 1 aliphatic carbocycles. The first-order valence-corrected chi connectivity index (χ1v) is 10.9. The van der Waals surface area contributed by atoms with Crippen LogP contribution in [0, 0.1) is 34.9 Å². The summed E-state index contributed by atoms with van der Waals surface area (Å²) in [6.45, 7) is 1.93. The van der Waals surface area contributed by atoms with E-state index in [0.717, 1.165) is 25.0 Å². The number of nitriles is 1. The molecule has 3 fully saturated rings. The highest BCUT2D eigenvalue weighted by molar-refractivity contribution is 5.90. The Labute approximate surface area is 193 Å². The van der Waals surface area contributed by atoms with Gasteiger partial charge in [0.2, 0.25) is 0 Å². The van der Waals surface area contributed by atoms with Crippen molar-refractivity contribution in [3.63, 3.8) is 0 Å². The molecule has 1 N–H and O–H groups in total. The summed E-state index contributed by atoms with van der Waals surface area (Å²) >= 11 is 0. The van der Waals surface area contributed by atoms with E-state index in [1.807, 2.05) is 0 Å². The second kappa shape index (κ2) is 7.56. The zero-order chi connectivity index (χ0) is 23.4. The average molecular weight is 463 g/mol. The molecule has 0 spiro atoms. The number of pyridine rings is 1. The van der Waals surface area contributed by atoms with E-state index in [1.54, 1.807) is 30.5 Å². The number of hydrogen-bond acceptors (Lipinski definition) is 7. The maximum Gasteiger partial charge on any atom is 0.414 e. The van der Waals surface area contributed by atoms with E-state index in [9.17, 15) is 14.4 Å². The summed E-state index contributed by atoms with van der Waals surface area (Å²) < 4.78 is 34.6. The normalized spacial score (nSPS) is 27.4. The van der Waals surface area contributed by atoms with Gasteiger partial charge in [0.25, 0.3) is 5.95 Å². The molecular formula is C23H19F2N7O2. The van der Waals surface area contributed by atoms with E-state index >= 15 is 4.39 Å². The molecule has 1 amide bonds. The minimum atomic E-state index is -0.721. The third-order valence-corrected chi connectivity index (χ3v) is 7.00. The summed E-state index contributed by atoms with van der Waals surface area (Å²) in [4.78, 5) is 18.1. The lowest BCUT2D eigenvalue weighted by molar-refractivity contribution is 0.129. The van der Waals surface area contributed by atoms with Gasteiger partial charge in [-0.05, 0) is 24.3 Å². The number of piperidine rings is 1. The fraction of sp³-hybridized carbons (Fsp3) is 0.348. The Morgan fingerprint density at radius 1 is 1.24 bits per heavy atom. The second-order valence-corrected chi connectivity index (χ2v) is 8.83. The molecule has 11 heteroatoms. The number of nitrogens with one attached hydrogen (secondary N) is 1. The largest absolute Gasteiger partial charge is 0.442 e. The van der Waals surface area contributed by atoms with Crippen LogP contribution in [0.1, 0.15) is 5.69 Å². The Kier molecular flexibility index (Phi) is 4.60. The number of amides is 1. The predicted octanol–water partition coefficient (Wildman–Crippen LogP) is 2.25. The van der Waals surface area contributed by atoms with Crippen molar-refractivity contribution >= 4 is 11.8 Å². The van der Waals surface area contributed by atoms with Crippen LogP contribution in [0.25, 0.3) is 11.1 Å². The number of nitrogens with zero attached hydrogens (tertiary/aromatic N) is 6. The number of rotatable bonds is 5. The second-order valence-electron chi connectivity index (χ2n) is 8.83. The number of ether oxygens (including phenoxy) is 1. The molecule has 172 valence electrons. The minimum absolute atomic E-state index is 0.139. The molecule has 2 aromatic heterocycles. The van der Waals surface area contributed by atoms with Gasteiger partial charge in [0, 0.05) is 42.2 Å². The Bertz CT molecular complexity index is 1310. The molecule has 0 bridgehead atoms. The molecule has 1 aromatic carbocycles. The monoisotopic (exact) mass is 463 g/mol. The Hall–Kier alpha value is -3.91. The molecule has 4 heterocycles. The maximum atomic E-state index is 15.0. The zero-order valence-corrected chi connectivity index (χ0v) is 17.9. The number of halogens is 2. The molecule has 0 radical (unpaired) electrons. The molecule has 34 heavy (non-hydrogen) atoms. The number of cyclic esters (lactones) is 1. The summed E-state index contributed by atoms with van der Waals surface area (Å²) in [5.41, 5.74) is 1.46. The number of hydrogen-bond donors (Lipinski definition) is 1. The molecule has 3 aliphatic rings. The molecule has 2 saturated heterocycles. The lowest BCUT2D eigenvalue weighted by Crippen LogP contribution is -2.26. The van der Waals surface area contributed by atoms with Crippen LogP contribution in [0.4, 0.5) is 19.3 Å². The van der Waals surface area contributed by atoms with Crippen LogP contribution in [-0.4, -0.2) is 51.8 Å². The van der Waals surface area contributed by atoms with Gasteiger partial charge in [0.05, 0.1) is 36.7 Å². The van der Waals surface area contributed by atoms with Crippen LogP contribution in [0.3, 0.4) is 0 Å². The van der Waals surface area contributed by atoms with Crippen LogP contribution >= 0.6 is 0 Å². The van der Waals surface area contributed by atoms with Gasteiger partial charge < -0.3 is 10.1 Å². The molecular weight excluding hydrogens is 444 g/mol. The van der Waals surface area contributed by atoms with Crippen LogP contribution in [0.5, 0.6) is 0 Å². The summed E-state index contributed by atoms with van der Waals surface area (Å²) in [5.74, 6) is -0.677. The van der Waals surface area contributed by atoms with Gasteiger partial charge in [0.15, 0.2) is 0 Å². The SMILES string of the molecule is N#CC1(c2ccc(-c3ccc(N4C[C@H](Cn5cc(F)nn5)OC4=O)cc3F)cn2)[C@@H]2CNC[C@@H]21. The minimum Gasteiger partial charge on any atom is -0.442 e. The molecule has 1 saturated carbocycles. The van der Waals surface area contributed by atoms with Crippen LogP contribution in [-0.2, 0) is 16.7 Å². The van der Waals surface area contributed by atoms with Gasteiger partial charge in [-0.15, -0.1) is 0 Å². The van der Waals surface area contributed by atoms with Crippen LogP contribution < -0.4 is 10.2 Å². The van der Waals surface area contributed by atoms with Gasteiger partial charge in [0.1, 0.15) is 17.3 Å². The lowest BCUT2D eigenvalue weighted by Gasteiger charge is -2.15. The Morgan fingerprint density at radius 3 is 2.71 bits per heavy atom. The molecule has 9 nitrogen and oxygen atoms in total. The van der Waals surface area contributed by atoms with E-state index in [2.05, 4.69) is 26.7 Å². The van der Waals surface area contributed by atoms with E-state index in [4.69, 9.17) is 4.74 Å². The number of carbonyl (C=O) groups excluding carboxylic acids is 1. The van der Waals surface area contributed by atoms with E-state index in [0.29, 0.717) is 16.8 Å².